The molecule has 0 aromatic heterocycles. The molecular weight excluding hydrogens is 399 g/mol. The van der Waals surface area contributed by atoms with Crippen molar-refractivity contribution in [1.82, 2.24) is 10.8 Å². The van der Waals surface area contributed by atoms with Crippen LogP contribution in [0.15, 0.2) is 42.5 Å². The highest BCUT2D eigenvalue weighted by molar-refractivity contribution is 6.31. The zero-order chi connectivity index (χ0) is 21.2. The number of phenolic OH excluding ortho intramolecular Hbond substituents is 1. The van der Waals surface area contributed by atoms with Crippen LogP contribution in [-0.4, -0.2) is 28.7 Å². The first-order valence-electron chi connectivity index (χ1n) is 9.08. The van der Waals surface area contributed by atoms with Crippen molar-refractivity contribution in [2.24, 2.45) is 0 Å². The van der Waals surface area contributed by atoms with Gasteiger partial charge in [-0.2, -0.15) is 0 Å². The lowest BCUT2D eigenvalue weighted by atomic mass is 10.0. The van der Waals surface area contributed by atoms with Crippen LogP contribution < -0.4 is 10.8 Å². The van der Waals surface area contributed by atoms with Gasteiger partial charge in [-0.15, -0.1) is 0 Å². The van der Waals surface area contributed by atoms with Gasteiger partial charge < -0.3 is 10.4 Å². The van der Waals surface area contributed by atoms with E-state index in [2.05, 4.69) is 5.32 Å². The molecule has 2 aromatic rings. The number of halogens is 2. The third kappa shape index (κ3) is 7.21. The van der Waals surface area contributed by atoms with Crippen molar-refractivity contribution in [3.63, 3.8) is 0 Å². The molecule has 0 radical (unpaired) electrons. The Hall–Kier alpha value is -2.90. The van der Waals surface area contributed by atoms with E-state index in [1.807, 2.05) is 0 Å². The van der Waals surface area contributed by atoms with Crippen molar-refractivity contribution in [3.05, 3.63) is 64.4 Å². The summed E-state index contributed by atoms with van der Waals surface area (Å²) in [5, 5.41) is 20.7. The van der Waals surface area contributed by atoms with Crippen LogP contribution in [-0.2, 0) is 9.59 Å². The van der Waals surface area contributed by atoms with Crippen molar-refractivity contribution in [2.75, 3.05) is 6.54 Å². The molecule has 0 fully saturated rings. The molecule has 0 bridgehead atoms. The second-order valence-corrected chi connectivity index (χ2v) is 6.79. The fraction of sp³-hybridized carbons (Fsp3) is 0.238. The lowest BCUT2D eigenvalue weighted by Crippen LogP contribution is -2.25. The Kier molecular flexibility index (Phi) is 8.64. The van der Waals surface area contributed by atoms with Crippen LogP contribution in [0.3, 0.4) is 0 Å². The molecular formula is C21H22ClFN2O4. The largest absolute Gasteiger partial charge is 0.508 e. The van der Waals surface area contributed by atoms with Gasteiger partial charge in [-0.1, -0.05) is 36.2 Å². The van der Waals surface area contributed by atoms with Gasteiger partial charge in [-0.05, 0) is 54.3 Å². The summed E-state index contributed by atoms with van der Waals surface area (Å²) >= 11 is 5.83. The summed E-state index contributed by atoms with van der Waals surface area (Å²) in [7, 11) is 0. The Bertz CT molecular complexity index is 885. The molecule has 0 saturated heterocycles. The number of hydrogen-bond acceptors (Lipinski definition) is 4. The molecule has 2 rings (SSSR count). The van der Waals surface area contributed by atoms with Crippen molar-refractivity contribution in [3.8, 4) is 5.75 Å². The second-order valence-electron chi connectivity index (χ2n) is 6.38. The van der Waals surface area contributed by atoms with E-state index in [0.717, 1.165) is 0 Å². The molecule has 8 heteroatoms. The topological polar surface area (TPSA) is 98.7 Å². The number of nitrogens with one attached hydrogen (secondary N) is 2. The number of hydroxylamine groups is 1. The molecule has 29 heavy (non-hydrogen) atoms. The fourth-order valence-corrected chi connectivity index (χ4v) is 2.82. The normalized spacial score (nSPS) is 11.2. The molecule has 4 N–H and O–H groups in total. The summed E-state index contributed by atoms with van der Waals surface area (Å²) in [6.45, 7) is 0.402. The molecule has 0 saturated carbocycles. The molecule has 0 spiro atoms. The highest BCUT2D eigenvalue weighted by atomic mass is 35.5. The predicted molar refractivity (Wildman–Crippen MR) is 109 cm³/mol. The Morgan fingerprint density at radius 1 is 1.07 bits per heavy atom. The van der Waals surface area contributed by atoms with Crippen LogP contribution in [0.25, 0.3) is 11.6 Å². The second kappa shape index (κ2) is 11.2. The van der Waals surface area contributed by atoms with Crippen LogP contribution in [0.1, 0.15) is 36.8 Å². The fourth-order valence-electron chi connectivity index (χ4n) is 2.63. The third-order valence-corrected chi connectivity index (χ3v) is 4.46. The lowest BCUT2D eigenvalue weighted by Gasteiger charge is -2.10. The summed E-state index contributed by atoms with van der Waals surface area (Å²) in [5.74, 6) is -1.24. The number of aromatic hydroxyl groups is 1. The maximum Gasteiger partial charge on any atom is 0.251 e. The van der Waals surface area contributed by atoms with E-state index in [9.17, 15) is 19.1 Å². The van der Waals surface area contributed by atoms with Crippen LogP contribution >= 0.6 is 11.6 Å². The van der Waals surface area contributed by atoms with Gasteiger partial charge in [0.1, 0.15) is 11.6 Å². The van der Waals surface area contributed by atoms with Gasteiger partial charge in [0, 0.05) is 18.5 Å². The van der Waals surface area contributed by atoms with Crippen LogP contribution in [0.5, 0.6) is 5.75 Å². The van der Waals surface area contributed by atoms with Crippen LogP contribution in [0.4, 0.5) is 4.39 Å². The number of unbranched alkanes of at least 4 members (excludes halogenated alkanes) is 2. The number of rotatable bonds is 9. The van der Waals surface area contributed by atoms with Crippen molar-refractivity contribution in [1.29, 1.82) is 0 Å². The first-order chi connectivity index (χ1) is 13.9. The van der Waals surface area contributed by atoms with Gasteiger partial charge in [-0.3, -0.25) is 14.8 Å². The van der Waals surface area contributed by atoms with Crippen molar-refractivity contribution in [2.45, 2.75) is 25.7 Å². The van der Waals surface area contributed by atoms with Gasteiger partial charge in [-0.25, -0.2) is 9.87 Å². The van der Waals surface area contributed by atoms with E-state index in [-0.39, 0.29) is 23.1 Å². The van der Waals surface area contributed by atoms with Crippen LogP contribution in [0.2, 0.25) is 5.02 Å². The van der Waals surface area contributed by atoms with Gasteiger partial charge in [0.05, 0.1) is 5.02 Å². The van der Waals surface area contributed by atoms with E-state index >= 15 is 0 Å². The summed E-state index contributed by atoms with van der Waals surface area (Å²) in [4.78, 5) is 23.7. The van der Waals surface area contributed by atoms with E-state index in [1.165, 1.54) is 30.3 Å². The summed E-state index contributed by atoms with van der Waals surface area (Å²) in [6.07, 6.45) is 3.78. The maximum atomic E-state index is 13.4. The Morgan fingerprint density at radius 2 is 1.79 bits per heavy atom. The Balaban J connectivity index is 2.08. The number of benzene rings is 2. The highest BCUT2D eigenvalue weighted by Gasteiger charge is 2.13. The molecule has 0 heterocycles. The van der Waals surface area contributed by atoms with Gasteiger partial charge in [0.15, 0.2) is 0 Å². The molecule has 0 aliphatic rings. The molecule has 0 aliphatic carbocycles. The summed E-state index contributed by atoms with van der Waals surface area (Å²) in [6, 6.07) is 10.3. The van der Waals surface area contributed by atoms with Gasteiger partial charge in [0.25, 0.3) is 5.91 Å². The highest BCUT2D eigenvalue weighted by Crippen LogP contribution is 2.23. The first-order valence-corrected chi connectivity index (χ1v) is 9.46. The standard InChI is InChI=1S/C21H22ClFN2O4/c22-18-13-14(5-10-19(18)23)12-17(15-6-8-16(26)9-7-15)21(28)24-11-3-1-2-4-20(27)25-29/h5-10,12-13,26,29H,1-4,11H2,(H,24,28)(H,25,27)/b17-12-. The number of phenols is 1. The van der Waals surface area contributed by atoms with E-state index in [4.69, 9.17) is 16.8 Å². The average molecular weight is 421 g/mol. The molecule has 0 atom stereocenters. The lowest BCUT2D eigenvalue weighted by molar-refractivity contribution is -0.129. The number of carbonyl (C=O) groups excluding carboxylic acids is 2. The zero-order valence-electron chi connectivity index (χ0n) is 15.6. The summed E-state index contributed by atoms with van der Waals surface area (Å²) < 4.78 is 13.4. The zero-order valence-corrected chi connectivity index (χ0v) is 16.4. The minimum atomic E-state index is -0.547. The van der Waals surface area contributed by atoms with Gasteiger partial charge in [0.2, 0.25) is 5.91 Å². The average Bonchev–Trinajstić information content (AvgIpc) is 2.71. The molecule has 2 amide bonds. The molecule has 0 unspecified atom stereocenters. The maximum absolute atomic E-state index is 13.4. The summed E-state index contributed by atoms with van der Waals surface area (Å²) in [5.41, 5.74) is 3.06. The minimum Gasteiger partial charge on any atom is -0.508 e. The number of amides is 2. The molecule has 6 nitrogen and oxygen atoms in total. The first kappa shape index (κ1) is 22.4. The van der Waals surface area contributed by atoms with Gasteiger partial charge >= 0.3 is 0 Å². The quantitative estimate of drug-likeness (QED) is 0.162. The SMILES string of the molecule is O=C(CCCCCNC(=O)/C(=C\c1ccc(F)c(Cl)c1)c1ccc(O)cc1)NO. The Morgan fingerprint density at radius 3 is 2.45 bits per heavy atom. The predicted octanol–water partition coefficient (Wildman–Crippen LogP) is 3.91. The van der Waals surface area contributed by atoms with Crippen molar-refractivity contribution < 1.29 is 24.3 Å². The van der Waals surface area contributed by atoms with Crippen molar-refractivity contribution >= 4 is 35.1 Å². The molecule has 0 aliphatic heterocycles. The number of hydrogen-bond donors (Lipinski definition) is 4. The monoisotopic (exact) mass is 420 g/mol. The third-order valence-electron chi connectivity index (χ3n) is 4.17. The number of carbonyl (C=O) groups is 2. The van der Waals surface area contributed by atoms with E-state index < -0.39 is 11.7 Å². The Labute approximate surface area is 173 Å². The van der Waals surface area contributed by atoms with Crippen LogP contribution in [0, 0.1) is 5.82 Å². The molecule has 154 valence electrons. The van der Waals surface area contributed by atoms with E-state index in [0.29, 0.717) is 42.5 Å². The minimum absolute atomic E-state index is 0.0452. The van der Waals surface area contributed by atoms with E-state index in [1.54, 1.807) is 23.7 Å². The molecule has 2 aromatic carbocycles. The smallest absolute Gasteiger partial charge is 0.251 e.